The largest absolute Gasteiger partial charge is 0.490 e. The Morgan fingerprint density at radius 3 is 2.52 bits per heavy atom. The summed E-state index contributed by atoms with van der Waals surface area (Å²) in [5, 5.41) is 3.17. The normalized spacial score (nSPS) is 10.4. The van der Waals surface area contributed by atoms with Gasteiger partial charge in [0.1, 0.15) is 11.6 Å². The molecule has 2 rings (SSSR count). The number of nitrogens with one attached hydrogen (secondary N) is 1. The first-order valence-electron chi connectivity index (χ1n) is 7.12. The van der Waals surface area contributed by atoms with Crippen LogP contribution in [0.5, 0.6) is 17.2 Å². The maximum Gasteiger partial charge on any atom is 0.169 e. The molecule has 1 N–H and O–H groups in total. The van der Waals surface area contributed by atoms with Crippen LogP contribution in [0.2, 0.25) is 0 Å². The van der Waals surface area contributed by atoms with Crippen LogP contribution in [0, 0.1) is 5.82 Å². The molecule has 3 nitrogen and oxygen atoms in total. The zero-order chi connectivity index (χ0) is 15.1. The van der Waals surface area contributed by atoms with Gasteiger partial charge in [-0.3, -0.25) is 0 Å². The minimum atomic E-state index is -0.311. The van der Waals surface area contributed by atoms with Gasteiger partial charge in [-0.25, -0.2) is 4.39 Å². The van der Waals surface area contributed by atoms with E-state index in [2.05, 4.69) is 5.32 Å². The van der Waals surface area contributed by atoms with Gasteiger partial charge in [0, 0.05) is 12.6 Å². The highest BCUT2D eigenvalue weighted by atomic mass is 19.1. The number of rotatable bonds is 7. The molecule has 0 amide bonds. The minimum absolute atomic E-state index is 0.311. The number of halogens is 1. The third-order valence-electron chi connectivity index (χ3n) is 2.89. The number of benzene rings is 2. The van der Waals surface area contributed by atoms with E-state index in [1.54, 1.807) is 6.07 Å². The lowest BCUT2D eigenvalue weighted by atomic mass is 10.2. The molecule has 0 spiro atoms. The standard InChI is InChI=1S/C17H20FNO2/c1-3-19-12-13-9-14(18)11-15(10-13)21-17-8-6-5-7-16(17)20-4-2/h5-11,19H,3-4,12H2,1-2H3. The van der Waals surface area contributed by atoms with Crippen molar-refractivity contribution in [3.63, 3.8) is 0 Å². The average Bonchev–Trinajstić information content (AvgIpc) is 2.47. The number of ether oxygens (including phenoxy) is 2. The monoisotopic (exact) mass is 289 g/mol. The van der Waals surface area contributed by atoms with Crippen molar-refractivity contribution in [3.8, 4) is 17.2 Å². The van der Waals surface area contributed by atoms with Gasteiger partial charge in [-0.15, -0.1) is 0 Å². The molecule has 0 saturated carbocycles. The predicted octanol–water partition coefficient (Wildman–Crippen LogP) is 4.13. The van der Waals surface area contributed by atoms with E-state index in [0.717, 1.165) is 12.1 Å². The maximum absolute atomic E-state index is 13.7. The first kappa shape index (κ1) is 15.3. The molecule has 0 unspecified atom stereocenters. The molecular formula is C17H20FNO2. The molecule has 0 radical (unpaired) electrons. The van der Waals surface area contributed by atoms with Gasteiger partial charge in [0.15, 0.2) is 11.5 Å². The van der Waals surface area contributed by atoms with E-state index in [0.29, 0.717) is 30.4 Å². The Bertz CT molecular complexity index is 587. The van der Waals surface area contributed by atoms with Crippen LogP contribution in [0.25, 0.3) is 0 Å². The van der Waals surface area contributed by atoms with Gasteiger partial charge in [0.05, 0.1) is 6.61 Å². The maximum atomic E-state index is 13.7. The van der Waals surface area contributed by atoms with Gasteiger partial charge in [-0.2, -0.15) is 0 Å². The van der Waals surface area contributed by atoms with Crippen LogP contribution in [-0.4, -0.2) is 13.2 Å². The molecule has 4 heteroatoms. The molecule has 0 saturated heterocycles. The molecule has 112 valence electrons. The summed E-state index contributed by atoms with van der Waals surface area (Å²) >= 11 is 0. The molecule has 0 aliphatic rings. The van der Waals surface area contributed by atoms with E-state index in [4.69, 9.17) is 9.47 Å². The summed E-state index contributed by atoms with van der Waals surface area (Å²) in [4.78, 5) is 0. The molecule has 0 bridgehead atoms. The number of hydrogen-bond donors (Lipinski definition) is 1. The summed E-state index contributed by atoms with van der Waals surface area (Å²) < 4.78 is 24.9. The van der Waals surface area contributed by atoms with E-state index >= 15 is 0 Å². The third kappa shape index (κ3) is 4.46. The molecule has 0 aliphatic heterocycles. The van der Waals surface area contributed by atoms with E-state index in [-0.39, 0.29) is 5.82 Å². The second kappa shape index (κ2) is 7.64. The van der Waals surface area contributed by atoms with E-state index in [1.165, 1.54) is 12.1 Å². The second-order valence-electron chi connectivity index (χ2n) is 4.56. The summed E-state index contributed by atoms with van der Waals surface area (Å²) in [5.74, 6) is 1.39. The molecule has 0 aliphatic carbocycles. The Morgan fingerprint density at radius 2 is 1.81 bits per heavy atom. The Kier molecular flexibility index (Phi) is 5.58. The fraction of sp³-hybridized carbons (Fsp3) is 0.294. The molecule has 0 heterocycles. The summed E-state index contributed by atoms with van der Waals surface area (Å²) in [6, 6.07) is 12.1. The van der Waals surface area contributed by atoms with Gasteiger partial charge in [0.25, 0.3) is 0 Å². The molecule has 0 aromatic heterocycles. The molecule has 0 atom stereocenters. The molecule has 0 fully saturated rings. The van der Waals surface area contributed by atoms with E-state index < -0.39 is 0 Å². The highest BCUT2D eigenvalue weighted by molar-refractivity contribution is 5.43. The van der Waals surface area contributed by atoms with Crippen molar-refractivity contribution in [1.29, 1.82) is 0 Å². The Morgan fingerprint density at radius 1 is 1.05 bits per heavy atom. The van der Waals surface area contributed by atoms with Gasteiger partial charge in [-0.1, -0.05) is 19.1 Å². The van der Waals surface area contributed by atoms with Crippen LogP contribution < -0.4 is 14.8 Å². The van der Waals surface area contributed by atoms with Gasteiger partial charge in [-0.05, 0) is 43.3 Å². The zero-order valence-electron chi connectivity index (χ0n) is 12.4. The summed E-state index contributed by atoms with van der Waals surface area (Å²) in [6.45, 7) is 5.91. The SMILES string of the molecule is CCNCc1cc(F)cc(Oc2ccccc2OCC)c1. The molecule has 2 aromatic carbocycles. The average molecular weight is 289 g/mol. The van der Waals surface area contributed by atoms with Crippen LogP contribution >= 0.6 is 0 Å². The Balaban J connectivity index is 2.21. The van der Waals surface area contributed by atoms with Crippen LogP contribution in [0.15, 0.2) is 42.5 Å². The van der Waals surface area contributed by atoms with Crippen molar-refractivity contribution >= 4 is 0 Å². The fourth-order valence-corrected chi connectivity index (χ4v) is 1.99. The van der Waals surface area contributed by atoms with Crippen molar-refractivity contribution in [2.45, 2.75) is 20.4 Å². The zero-order valence-corrected chi connectivity index (χ0v) is 12.4. The summed E-state index contributed by atoms with van der Waals surface area (Å²) in [6.07, 6.45) is 0. The smallest absolute Gasteiger partial charge is 0.169 e. The topological polar surface area (TPSA) is 30.5 Å². The lowest BCUT2D eigenvalue weighted by Crippen LogP contribution is -2.11. The highest BCUT2D eigenvalue weighted by Gasteiger charge is 2.07. The quantitative estimate of drug-likeness (QED) is 0.831. The van der Waals surface area contributed by atoms with Crippen molar-refractivity contribution in [1.82, 2.24) is 5.32 Å². The van der Waals surface area contributed by atoms with Crippen molar-refractivity contribution in [3.05, 3.63) is 53.8 Å². The highest BCUT2D eigenvalue weighted by Crippen LogP contribution is 2.32. The minimum Gasteiger partial charge on any atom is -0.490 e. The second-order valence-corrected chi connectivity index (χ2v) is 4.56. The third-order valence-corrected chi connectivity index (χ3v) is 2.89. The van der Waals surface area contributed by atoms with Crippen molar-refractivity contribution < 1.29 is 13.9 Å². The summed E-state index contributed by atoms with van der Waals surface area (Å²) in [5.41, 5.74) is 0.848. The molecule has 2 aromatic rings. The van der Waals surface area contributed by atoms with Crippen LogP contribution in [0.1, 0.15) is 19.4 Å². The van der Waals surface area contributed by atoms with E-state index in [9.17, 15) is 4.39 Å². The van der Waals surface area contributed by atoms with Gasteiger partial charge >= 0.3 is 0 Å². The first-order valence-corrected chi connectivity index (χ1v) is 7.12. The number of hydrogen-bond acceptors (Lipinski definition) is 3. The molecular weight excluding hydrogens is 269 g/mol. The fourth-order valence-electron chi connectivity index (χ4n) is 1.99. The van der Waals surface area contributed by atoms with Crippen LogP contribution in [-0.2, 0) is 6.54 Å². The Labute approximate surface area is 124 Å². The predicted molar refractivity (Wildman–Crippen MR) is 81.5 cm³/mol. The molecule has 21 heavy (non-hydrogen) atoms. The van der Waals surface area contributed by atoms with Crippen molar-refractivity contribution in [2.24, 2.45) is 0 Å². The van der Waals surface area contributed by atoms with Crippen molar-refractivity contribution in [2.75, 3.05) is 13.2 Å². The van der Waals surface area contributed by atoms with Gasteiger partial charge < -0.3 is 14.8 Å². The van der Waals surface area contributed by atoms with E-state index in [1.807, 2.05) is 38.1 Å². The lowest BCUT2D eigenvalue weighted by molar-refractivity contribution is 0.321. The van der Waals surface area contributed by atoms with Gasteiger partial charge in [0.2, 0.25) is 0 Å². The van der Waals surface area contributed by atoms with Crippen LogP contribution in [0.4, 0.5) is 4.39 Å². The lowest BCUT2D eigenvalue weighted by Gasteiger charge is -2.12. The Hall–Kier alpha value is -2.07. The first-order chi connectivity index (χ1) is 10.2. The number of para-hydroxylation sites is 2. The van der Waals surface area contributed by atoms with Crippen LogP contribution in [0.3, 0.4) is 0 Å². The summed E-state index contributed by atoms with van der Waals surface area (Å²) in [7, 11) is 0.